The lowest BCUT2D eigenvalue weighted by molar-refractivity contribution is -0.132. The molecule has 5 heteroatoms. The van der Waals surface area contributed by atoms with E-state index in [2.05, 4.69) is 4.98 Å². The van der Waals surface area contributed by atoms with Crippen molar-refractivity contribution in [3.63, 3.8) is 0 Å². The van der Waals surface area contributed by atoms with Crippen molar-refractivity contribution < 1.29 is 9.53 Å². The Hall–Kier alpha value is -1.46. The maximum atomic E-state index is 12.3. The molecular weight excluding hydrogens is 254 g/mol. The molecule has 0 N–H and O–H groups in total. The SMILES string of the molecule is CC1CN(C(=O)CN(C)Cc2cccnc2)CCCO1. The van der Waals surface area contributed by atoms with Crippen LogP contribution in [0.15, 0.2) is 24.5 Å². The molecule has 0 saturated carbocycles. The predicted molar refractivity (Wildman–Crippen MR) is 77.2 cm³/mol. The fourth-order valence-corrected chi connectivity index (χ4v) is 2.41. The van der Waals surface area contributed by atoms with Crippen molar-refractivity contribution >= 4 is 5.91 Å². The number of pyridine rings is 1. The molecule has 2 heterocycles. The van der Waals surface area contributed by atoms with Crippen LogP contribution < -0.4 is 0 Å². The monoisotopic (exact) mass is 277 g/mol. The summed E-state index contributed by atoms with van der Waals surface area (Å²) < 4.78 is 5.57. The third-order valence-corrected chi connectivity index (χ3v) is 3.39. The van der Waals surface area contributed by atoms with Crippen LogP contribution in [0.1, 0.15) is 18.9 Å². The average Bonchev–Trinajstić information content (AvgIpc) is 2.64. The van der Waals surface area contributed by atoms with E-state index in [1.807, 2.05) is 42.1 Å². The Kier molecular flexibility index (Phi) is 5.49. The van der Waals surface area contributed by atoms with Gasteiger partial charge in [0.05, 0.1) is 12.6 Å². The number of nitrogens with zero attached hydrogens (tertiary/aromatic N) is 3. The van der Waals surface area contributed by atoms with Gasteiger partial charge >= 0.3 is 0 Å². The quantitative estimate of drug-likeness (QED) is 0.828. The highest BCUT2D eigenvalue weighted by molar-refractivity contribution is 5.78. The first-order valence-electron chi connectivity index (χ1n) is 7.12. The van der Waals surface area contributed by atoms with E-state index in [4.69, 9.17) is 4.74 Å². The molecule has 1 atom stereocenters. The zero-order valence-electron chi connectivity index (χ0n) is 12.3. The van der Waals surface area contributed by atoms with E-state index in [0.29, 0.717) is 13.1 Å². The number of rotatable bonds is 4. The lowest BCUT2D eigenvalue weighted by atomic mass is 10.2. The van der Waals surface area contributed by atoms with Crippen molar-refractivity contribution in [2.75, 3.05) is 33.3 Å². The minimum Gasteiger partial charge on any atom is -0.377 e. The molecule has 0 spiro atoms. The summed E-state index contributed by atoms with van der Waals surface area (Å²) in [5.41, 5.74) is 1.12. The number of carbonyl (C=O) groups is 1. The molecule has 1 aliphatic rings. The molecule has 1 aliphatic heterocycles. The van der Waals surface area contributed by atoms with Gasteiger partial charge in [-0.15, -0.1) is 0 Å². The first kappa shape index (κ1) is 14.9. The van der Waals surface area contributed by atoms with Crippen LogP contribution in [0.2, 0.25) is 0 Å². The van der Waals surface area contributed by atoms with Crippen molar-refractivity contribution in [1.29, 1.82) is 0 Å². The first-order valence-corrected chi connectivity index (χ1v) is 7.12. The fraction of sp³-hybridized carbons (Fsp3) is 0.600. The van der Waals surface area contributed by atoms with E-state index in [0.717, 1.165) is 31.7 Å². The highest BCUT2D eigenvalue weighted by Crippen LogP contribution is 2.07. The van der Waals surface area contributed by atoms with Crippen LogP contribution in [0.4, 0.5) is 0 Å². The molecule has 5 nitrogen and oxygen atoms in total. The maximum absolute atomic E-state index is 12.3. The van der Waals surface area contributed by atoms with E-state index in [-0.39, 0.29) is 12.0 Å². The van der Waals surface area contributed by atoms with Crippen LogP contribution >= 0.6 is 0 Å². The van der Waals surface area contributed by atoms with Gasteiger partial charge in [0, 0.05) is 38.6 Å². The van der Waals surface area contributed by atoms with Crippen LogP contribution in [0.3, 0.4) is 0 Å². The molecule has 0 bridgehead atoms. The van der Waals surface area contributed by atoms with Crippen molar-refractivity contribution in [3.8, 4) is 0 Å². The number of hydrogen-bond donors (Lipinski definition) is 0. The van der Waals surface area contributed by atoms with Gasteiger partial charge in [-0.3, -0.25) is 14.7 Å². The number of likely N-dealkylation sites (N-methyl/N-ethyl adjacent to an activating group) is 1. The smallest absolute Gasteiger partial charge is 0.236 e. The number of aromatic nitrogens is 1. The third-order valence-electron chi connectivity index (χ3n) is 3.39. The Bertz CT molecular complexity index is 424. The van der Waals surface area contributed by atoms with E-state index in [1.165, 1.54) is 0 Å². The van der Waals surface area contributed by atoms with Gasteiger partial charge < -0.3 is 9.64 Å². The normalized spacial score (nSPS) is 19.9. The van der Waals surface area contributed by atoms with Crippen molar-refractivity contribution in [3.05, 3.63) is 30.1 Å². The van der Waals surface area contributed by atoms with Gasteiger partial charge in [0.15, 0.2) is 0 Å². The van der Waals surface area contributed by atoms with Crippen LogP contribution in [0.5, 0.6) is 0 Å². The summed E-state index contributed by atoms with van der Waals surface area (Å²) in [6, 6.07) is 3.94. The number of amides is 1. The molecule has 1 aromatic heterocycles. The molecule has 1 fully saturated rings. The molecule has 1 amide bonds. The molecule has 110 valence electrons. The van der Waals surface area contributed by atoms with Crippen molar-refractivity contribution in [2.45, 2.75) is 26.0 Å². The minimum atomic E-state index is 0.130. The molecule has 1 saturated heterocycles. The highest BCUT2D eigenvalue weighted by Gasteiger charge is 2.20. The molecule has 0 radical (unpaired) electrons. The lowest BCUT2D eigenvalue weighted by Gasteiger charge is -2.25. The van der Waals surface area contributed by atoms with Crippen LogP contribution in [0.25, 0.3) is 0 Å². The molecule has 0 aliphatic carbocycles. The van der Waals surface area contributed by atoms with Gasteiger partial charge in [0.25, 0.3) is 0 Å². The third kappa shape index (κ3) is 4.58. The summed E-state index contributed by atoms with van der Waals surface area (Å²) in [6.07, 6.45) is 4.64. The summed E-state index contributed by atoms with van der Waals surface area (Å²) in [5.74, 6) is 0.175. The number of ether oxygens (including phenoxy) is 1. The van der Waals surface area contributed by atoms with Gasteiger partial charge in [-0.05, 0) is 32.0 Å². The van der Waals surface area contributed by atoms with E-state index in [1.54, 1.807) is 6.20 Å². The summed E-state index contributed by atoms with van der Waals surface area (Å²) >= 11 is 0. The van der Waals surface area contributed by atoms with Crippen LogP contribution in [-0.2, 0) is 16.1 Å². The standard InChI is InChI=1S/C15H23N3O2/c1-13-10-18(7-4-8-20-13)15(19)12-17(2)11-14-5-3-6-16-9-14/h3,5-6,9,13H,4,7-8,10-12H2,1-2H3. The molecule has 0 aromatic carbocycles. The molecular formula is C15H23N3O2. The topological polar surface area (TPSA) is 45.7 Å². The number of hydrogen-bond acceptors (Lipinski definition) is 4. The molecule has 2 rings (SSSR count). The van der Waals surface area contributed by atoms with Crippen molar-refractivity contribution in [2.24, 2.45) is 0 Å². The molecule has 1 unspecified atom stereocenters. The zero-order chi connectivity index (χ0) is 14.4. The second kappa shape index (κ2) is 7.36. The second-order valence-electron chi connectivity index (χ2n) is 5.41. The second-order valence-corrected chi connectivity index (χ2v) is 5.41. The summed E-state index contributed by atoms with van der Waals surface area (Å²) in [7, 11) is 1.96. The van der Waals surface area contributed by atoms with Crippen molar-refractivity contribution in [1.82, 2.24) is 14.8 Å². The zero-order valence-corrected chi connectivity index (χ0v) is 12.3. The van der Waals surface area contributed by atoms with E-state index >= 15 is 0 Å². The minimum absolute atomic E-state index is 0.130. The van der Waals surface area contributed by atoms with Crippen LogP contribution in [0, 0.1) is 0 Å². The highest BCUT2D eigenvalue weighted by atomic mass is 16.5. The van der Waals surface area contributed by atoms with Crippen LogP contribution in [-0.4, -0.2) is 60.1 Å². The Morgan fingerprint density at radius 2 is 2.45 bits per heavy atom. The summed E-state index contributed by atoms with van der Waals surface area (Å²) in [6.45, 7) is 5.42. The Morgan fingerprint density at radius 3 is 3.20 bits per heavy atom. The average molecular weight is 277 g/mol. The Morgan fingerprint density at radius 1 is 1.60 bits per heavy atom. The van der Waals surface area contributed by atoms with Gasteiger partial charge in [-0.2, -0.15) is 0 Å². The molecule has 20 heavy (non-hydrogen) atoms. The lowest BCUT2D eigenvalue weighted by Crippen LogP contribution is -2.41. The summed E-state index contributed by atoms with van der Waals surface area (Å²) in [4.78, 5) is 20.3. The summed E-state index contributed by atoms with van der Waals surface area (Å²) in [5, 5.41) is 0. The van der Waals surface area contributed by atoms with Gasteiger partial charge in [-0.25, -0.2) is 0 Å². The molecule has 1 aromatic rings. The van der Waals surface area contributed by atoms with Gasteiger partial charge in [0.1, 0.15) is 0 Å². The number of carbonyl (C=O) groups excluding carboxylic acids is 1. The first-order chi connectivity index (χ1) is 9.65. The van der Waals surface area contributed by atoms with Gasteiger partial charge in [-0.1, -0.05) is 6.07 Å². The predicted octanol–water partition coefficient (Wildman–Crippen LogP) is 1.15. The Labute approximate surface area is 120 Å². The van der Waals surface area contributed by atoms with E-state index < -0.39 is 0 Å². The van der Waals surface area contributed by atoms with E-state index in [9.17, 15) is 4.79 Å². The van der Waals surface area contributed by atoms with Gasteiger partial charge in [0.2, 0.25) is 5.91 Å². The maximum Gasteiger partial charge on any atom is 0.236 e. The fourth-order valence-electron chi connectivity index (χ4n) is 2.41. The largest absolute Gasteiger partial charge is 0.377 e. The Balaban J connectivity index is 1.83.